The molecule has 1 heterocycles. The van der Waals surface area contributed by atoms with E-state index in [0.29, 0.717) is 23.9 Å². The number of hydrogen-bond donors (Lipinski definition) is 2. The highest BCUT2D eigenvalue weighted by atomic mass is 127. The lowest BCUT2D eigenvalue weighted by Crippen LogP contribution is -2.36. The lowest BCUT2D eigenvalue weighted by Gasteiger charge is -2.15. The lowest BCUT2D eigenvalue weighted by atomic mass is 10.2. The molecule has 0 aliphatic rings. The molecule has 0 aliphatic carbocycles. The van der Waals surface area contributed by atoms with Gasteiger partial charge in [0.05, 0.1) is 7.11 Å². The van der Waals surface area contributed by atoms with Crippen molar-refractivity contribution in [3.8, 4) is 11.6 Å². The van der Waals surface area contributed by atoms with Crippen LogP contribution in [0.1, 0.15) is 11.1 Å². The van der Waals surface area contributed by atoms with Gasteiger partial charge in [-0.05, 0) is 11.6 Å². The van der Waals surface area contributed by atoms with Crippen LogP contribution in [-0.4, -0.2) is 31.5 Å². The predicted octanol–water partition coefficient (Wildman–Crippen LogP) is 3.47. The molecule has 0 unspecified atom stereocenters. The Labute approximate surface area is 172 Å². The number of rotatable bonds is 6. The Kier molecular flexibility index (Phi) is 9.12. The summed E-state index contributed by atoms with van der Waals surface area (Å²) in [4.78, 5) is 8.14. The molecular weight excluding hydrogens is 476 g/mol. The molecule has 6 nitrogen and oxygen atoms in total. The third-order valence-electron chi connectivity index (χ3n) is 3.33. The Hall–Kier alpha value is -2.24. The molecule has 0 fully saturated rings. The van der Waals surface area contributed by atoms with Gasteiger partial charge in [-0.25, -0.2) is 4.98 Å². The Balaban J connectivity index is 0.00000364. The molecule has 0 spiro atoms. The smallest absolute Gasteiger partial charge is 0.481 e. The summed E-state index contributed by atoms with van der Waals surface area (Å²) in [5.41, 5.74) is 1.26. The lowest BCUT2D eigenvalue weighted by molar-refractivity contribution is -0.274. The molecule has 2 rings (SSSR count). The number of ether oxygens (including phenoxy) is 2. The van der Waals surface area contributed by atoms with Gasteiger partial charge in [-0.1, -0.05) is 24.3 Å². The first-order chi connectivity index (χ1) is 12.4. The van der Waals surface area contributed by atoms with E-state index < -0.39 is 6.36 Å². The van der Waals surface area contributed by atoms with E-state index in [1.165, 1.54) is 19.2 Å². The fourth-order valence-electron chi connectivity index (χ4n) is 2.10. The second kappa shape index (κ2) is 10.8. The molecule has 1 aromatic carbocycles. The van der Waals surface area contributed by atoms with Crippen LogP contribution in [0.3, 0.4) is 0 Å². The fourth-order valence-corrected chi connectivity index (χ4v) is 2.10. The topological polar surface area (TPSA) is 67.8 Å². The number of nitrogens with one attached hydrogen (secondary N) is 2. The van der Waals surface area contributed by atoms with Gasteiger partial charge >= 0.3 is 6.36 Å². The van der Waals surface area contributed by atoms with E-state index in [1.807, 2.05) is 6.07 Å². The van der Waals surface area contributed by atoms with Crippen LogP contribution >= 0.6 is 24.0 Å². The van der Waals surface area contributed by atoms with Gasteiger partial charge < -0.3 is 20.1 Å². The van der Waals surface area contributed by atoms with Gasteiger partial charge in [-0.2, -0.15) is 0 Å². The van der Waals surface area contributed by atoms with Gasteiger partial charge in [0.15, 0.2) is 5.96 Å². The van der Waals surface area contributed by atoms with Crippen LogP contribution in [0.2, 0.25) is 0 Å². The SMILES string of the molecule is CN=C(NCc1ccc(OC)nc1)NCc1ccccc1OC(F)(F)F.I. The zero-order valence-corrected chi connectivity index (χ0v) is 17.0. The number of para-hydroxylation sites is 1. The first-order valence-electron chi connectivity index (χ1n) is 7.68. The number of aliphatic imine (C=N–C) groups is 1. The van der Waals surface area contributed by atoms with Crippen LogP contribution < -0.4 is 20.1 Å². The maximum absolute atomic E-state index is 12.5. The quantitative estimate of drug-likeness (QED) is 0.365. The summed E-state index contributed by atoms with van der Waals surface area (Å²) < 4.78 is 46.4. The summed E-state index contributed by atoms with van der Waals surface area (Å²) in [6, 6.07) is 9.52. The summed E-state index contributed by atoms with van der Waals surface area (Å²) in [7, 11) is 3.10. The Bertz CT molecular complexity index is 740. The average Bonchev–Trinajstić information content (AvgIpc) is 2.62. The highest BCUT2D eigenvalue weighted by Gasteiger charge is 2.31. The van der Waals surface area contributed by atoms with Crippen LogP contribution in [0, 0.1) is 0 Å². The zero-order chi connectivity index (χ0) is 19.0. The first kappa shape index (κ1) is 22.8. The molecule has 27 heavy (non-hydrogen) atoms. The van der Waals surface area contributed by atoms with Crippen LogP contribution in [0.5, 0.6) is 11.6 Å². The van der Waals surface area contributed by atoms with Crippen LogP contribution in [0.4, 0.5) is 13.2 Å². The van der Waals surface area contributed by atoms with E-state index in [4.69, 9.17) is 4.74 Å². The molecule has 0 bridgehead atoms. The summed E-state index contributed by atoms with van der Waals surface area (Å²) in [5.74, 6) is 0.697. The van der Waals surface area contributed by atoms with E-state index in [1.54, 1.807) is 31.4 Å². The third-order valence-corrected chi connectivity index (χ3v) is 3.33. The van der Waals surface area contributed by atoms with E-state index in [-0.39, 0.29) is 36.3 Å². The Morgan fingerprint density at radius 2 is 1.81 bits per heavy atom. The van der Waals surface area contributed by atoms with Gasteiger partial charge in [0, 0.05) is 38.0 Å². The molecule has 0 aliphatic heterocycles. The number of pyridine rings is 1. The number of benzene rings is 1. The summed E-state index contributed by atoms with van der Waals surface area (Å²) in [6.07, 6.45) is -3.08. The molecule has 2 aromatic rings. The molecule has 2 N–H and O–H groups in total. The number of guanidine groups is 1. The molecule has 0 atom stereocenters. The van der Waals surface area contributed by atoms with Crippen molar-refractivity contribution >= 4 is 29.9 Å². The highest BCUT2D eigenvalue weighted by Crippen LogP contribution is 2.26. The second-order valence-corrected chi connectivity index (χ2v) is 5.14. The number of methoxy groups -OCH3 is 1. The van der Waals surface area contributed by atoms with E-state index in [2.05, 4.69) is 25.3 Å². The van der Waals surface area contributed by atoms with Crippen molar-refractivity contribution in [3.63, 3.8) is 0 Å². The minimum Gasteiger partial charge on any atom is -0.481 e. The number of nitrogens with zero attached hydrogens (tertiary/aromatic N) is 2. The summed E-state index contributed by atoms with van der Waals surface area (Å²) in [6.45, 7) is 0.560. The maximum Gasteiger partial charge on any atom is 0.573 e. The molecular formula is C17H20F3IN4O2. The molecule has 10 heteroatoms. The van der Waals surface area contributed by atoms with E-state index in [9.17, 15) is 13.2 Å². The van der Waals surface area contributed by atoms with Crippen molar-refractivity contribution in [1.82, 2.24) is 15.6 Å². The molecule has 0 saturated carbocycles. The molecule has 0 amide bonds. The number of hydrogen-bond acceptors (Lipinski definition) is 4. The van der Waals surface area contributed by atoms with E-state index >= 15 is 0 Å². The number of halogens is 4. The minimum absolute atomic E-state index is 0. The number of alkyl halides is 3. The van der Waals surface area contributed by atoms with Gasteiger partial charge in [0.1, 0.15) is 5.75 Å². The summed E-state index contributed by atoms with van der Waals surface area (Å²) in [5, 5.41) is 6.01. The normalized spacial score (nSPS) is 11.4. The van der Waals surface area contributed by atoms with Gasteiger partial charge in [0.2, 0.25) is 5.88 Å². The van der Waals surface area contributed by atoms with E-state index in [0.717, 1.165) is 5.56 Å². The monoisotopic (exact) mass is 496 g/mol. The average molecular weight is 496 g/mol. The largest absolute Gasteiger partial charge is 0.573 e. The molecule has 1 aromatic heterocycles. The molecule has 0 saturated heterocycles. The summed E-state index contributed by atoms with van der Waals surface area (Å²) >= 11 is 0. The van der Waals surface area contributed by atoms with Crippen LogP contribution in [-0.2, 0) is 13.1 Å². The van der Waals surface area contributed by atoms with Crippen molar-refractivity contribution in [3.05, 3.63) is 53.7 Å². The first-order valence-corrected chi connectivity index (χ1v) is 7.68. The molecule has 0 radical (unpaired) electrons. The van der Waals surface area contributed by atoms with Crippen LogP contribution in [0.15, 0.2) is 47.6 Å². The van der Waals surface area contributed by atoms with Crippen molar-refractivity contribution in [2.75, 3.05) is 14.2 Å². The van der Waals surface area contributed by atoms with Gasteiger partial charge in [0.25, 0.3) is 0 Å². The van der Waals surface area contributed by atoms with Crippen molar-refractivity contribution < 1.29 is 22.6 Å². The minimum atomic E-state index is -4.74. The van der Waals surface area contributed by atoms with Gasteiger partial charge in [-0.3, -0.25) is 4.99 Å². The fraction of sp³-hybridized carbons (Fsp3) is 0.294. The highest BCUT2D eigenvalue weighted by molar-refractivity contribution is 14.0. The number of aromatic nitrogens is 1. The zero-order valence-electron chi connectivity index (χ0n) is 14.7. The maximum atomic E-state index is 12.5. The Morgan fingerprint density at radius 3 is 2.41 bits per heavy atom. The molecule has 148 valence electrons. The van der Waals surface area contributed by atoms with Crippen LogP contribution in [0.25, 0.3) is 0 Å². The standard InChI is InChI=1S/C17H19F3N4O2.HI/c1-21-16(23-10-12-7-8-15(25-2)22-9-12)24-11-13-5-3-4-6-14(13)26-17(18,19)20;/h3-9H,10-11H2,1-2H3,(H2,21,23,24);1H. The third kappa shape index (κ3) is 7.89. The predicted molar refractivity (Wildman–Crippen MR) is 106 cm³/mol. The van der Waals surface area contributed by atoms with Crippen molar-refractivity contribution in [2.24, 2.45) is 4.99 Å². The van der Waals surface area contributed by atoms with Crippen molar-refractivity contribution in [1.29, 1.82) is 0 Å². The van der Waals surface area contributed by atoms with Crippen molar-refractivity contribution in [2.45, 2.75) is 19.5 Å². The second-order valence-electron chi connectivity index (χ2n) is 5.14. The van der Waals surface area contributed by atoms with Gasteiger partial charge in [-0.15, -0.1) is 37.1 Å². The Morgan fingerprint density at radius 1 is 1.11 bits per heavy atom.